The molecule has 0 aromatic heterocycles. The second-order valence-corrected chi connectivity index (χ2v) is 13.0. The summed E-state index contributed by atoms with van der Waals surface area (Å²) in [5.74, 6) is -2.81. The number of ether oxygens (including phenoxy) is 4. The lowest BCUT2D eigenvalue weighted by Crippen LogP contribution is -2.73. The maximum atomic E-state index is 14.3. The third-order valence-corrected chi connectivity index (χ3v) is 11.5. The molecular weight excluding hydrogens is 526 g/mol. The van der Waals surface area contributed by atoms with Crippen LogP contribution in [0.15, 0.2) is 41.5 Å². The monoisotopic (exact) mass is 565 g/mol. The van der Waals surface area contributed by atoms with Gasteiger partial charge < -0.3 is 24.1 Å². The van der Waals surface area contributed by atoms with E-state index >= 15 is 0 Å². The summed E-state index contributed by atoms with van der Waals surface area (Å²) in [4.78, 5) is 43.1. The smallest absolute Gasteiger partial charge is 0.334 e. The molecule has 220 valence electrons. The first-order chi connectivity index (χ1) is 19.7. The van der Waals surface area contributed by atoms with Crippen LogP contribution in [0, 0.1) is 29.6 Å². The predicted molar refractivity (Wildman–Crippen MR) is 145 cm³/mol. The molecule has 7 rings (SSSR count). The van der Waals surface area contributed by atoms with Gasteiger partial charge >= 0.3 is 17.9 Å². The number of fused-ring (bicyclic) bond motifs is 2. The molecular formula is C32H39NO8. The number of hydrogen-bond acceptors (Lipinski definition) is 9. The summed E-state index contributed by atoms with van der Waals surface area (Å²) >= 11 is 0. The number of carbonyl (C=O) groups excluding carboxylic acids is 3. The lowest BCUT2D eigenvalue weighted by Gasteiger charge is -2.65. The summed E-state index contributed by atoms with van der Waals surface area (Å²) in [6, 6.07) is 9.29. The highest BCUT2D eigenvalue weighted by Crippen LogP contribution is 2.75. The number of aliphatic hydroxyl groups is 1. The predicted octanol–water partition coefficient (Wildman–Crippen LogP) is 3.04. The third kappa shape index (κ3) is 3.42. The standard InChI is InChI=1S/C32H39NO8/c1-16-10-11-20-22-14-18-15-31(20,37)28-26(29(35)39-4)25(30(36)41-19-8-6-5-7-9-19)24-21(32(18,28)33(16)22)12-13-23(27(24)38-3)40-17(2)34/h5-9,16,18,20-25,27,37H,10-15H2,1-4H3. The largest absolute Gasteiger partial charge is 0.466 e. The molecule has 0 amide bonds. The molecule has 3 aliphatic carbocycles. The highest BCUT2D eigenvalue weighted by molar-refractivity contribution is 5.99. The van der Waals surface area contributed by atoms with Crippen LogP contribution in [0.5, 0.6) is 5.75 Å². The van der Waals surface area contributed by atoms with Crippen molar-refractivity contribution in [3.05, 3.63) is 41.5 Å². The Morgan fingerprint density at radius 2 is 1.76 bits per heavy atom. The van der Waals surface area contributed by atoms with Crippen molar-refractivity contribution in [1.29, 1.82) is 0 Å². The molecule has 1 spiro atoms. The number of esters is 3. The fraction of sp³-hybridized carbons (Fsp3) is 0.656. The summed E-state index contributed by atoms with van der Waals surface area (Å²) in [5, 5.41) is 12.7. The highest BCUT2D eigenvalue weighted by Gasteiger charge is 2.81. The van der Waals surface area contributed by atoms with Crippen LogP contribution in [-0.2, 0) is 28.6 Å². The van der Waals surface area contributed by atoms with Gasteiger partial charge in [0.05, 0.1) is 35.8 Å². The summed E-state index contributed by atoms with van der Waals surface area (Å²) in [7, 11) is 2.90. The lowest BCUT2D eigenvalue weighted by molar-refractivity contribution is -0.189. The summed E-state index contributed by atoms with van der Waals surface area (Å²) < 4.78 is 23.3. The fourth-order valence-corrected chi connectivity index (χ4v) is 10.7. The van der Waals surface area contributed by atoms with Crippen molar-refractivity contribution in [2.45, 2.75) is 87.8 Å². The molecule has 3 saturated heterocycles. The van der Waals surface area contributed by atoms with E-state index in [0.29, 0.717) is 30.6 Å². The van der Waals surface area contributed by atoms with Crippen LogP contribution in [0.2, 0.25) is 0 Å². The van der Waals surface area contributed by atoms with E-state index < -0.39 is 53.1 Å². The SMILES string of the molecule is COC(=O)C1=C2C3(O)CC4CC5C3CCC(C)N5C24C2CCC(OC(C)=O)C(OC)C2C1C(=O)Oc1ccccc1. The number of rotatable bonds is 5. The van der Waals surface area contributed by atoms with Crippen LogP contribution in [0.1, 0.15) is 52.4 Å². The zero-order chi connectivity index (χ0) is 28.8. The summed E-state index contributed by atoms with van der Waals surface area (Å²) in [6.45, 7) is 3.63. The molecule has 1 aromatic carbocycles. The Morgan fingerprint density at radius 1 is 1.02 bits per heavy atom. The molecule has 1 aromatic rings. The first-order valence-corrected chi connectivity index (χ1v) is 15.0. The van der Waals surface area contributed by atoms with Crippen molar-refractivity contribution < 1.29 is 38.4 Å². The molecule has 3 heterocycles. The van der Waals surface area contributed by atoms with Gasteiger partial charge in [-0.2, -0.15) is 0 Å². The van der Waals surface area contributed by atoms with E-state index in [4.69, 9.17) is 18.9 Å². The Bertz CT molecular complexity index is 1310. The molecule has 2 saturated carbocycles. The van der Waals surface area contributed by atoms with E-state index in [1.54, 1.807) is 31.4 Å². The second kappa shape index (κ2) is 9.38. The van der Waals surface area contributed by atoms with Crippen LogP contribution >= 0.6 is 0 Å². The topological polar surface area (TPSA) is 112 Å². The van der Waals surface area contributed by atoms with E-state index in [-0.39, 0.29) is 35.4 Å². The first kappa shape index (κ1) is 27.1. The van der Waals surface area contributed by atoms with Crippen LogP contribution < -0.4 is 4.74 Å². The van der Waals surface area contributed by atoms with Crippen LogP contribution in [0.3, 0.4) is 0 Å². The fourth-order valence-electron chi connectivity index (χ4n) is 10.7. The molecule has 12 unspecified atom stereocenters. The molecule has 9 nitrogen and oxygen atoms in total. The Morgan fingerprint density at radius 3 is 2.44 bits per heavy atom. The van der Waals surface area contributed by atoms with Crippen LogP contribution in [0.25, 0.3) is 0 Å². The number of methoxy groups -OCH3 is 2. The van der Waals surface area contributed by atoms with E-state index in [0.717, 1.165) is 19.3 Å². The number of benzene rings is 1. The Balaban J connectivity index is 1.48. The van der Waals surface area contributed by atoms with E-state index in [1.165, 1.54) is 14.0 Å². The molecule has 12 atom stereocenters. The van der Waals surface area contributed by atoms with Gasteiger partial charge in [0.1, 0.15) is 11.9 Å². The van der Waals surface area contributed by atoms with Crippen molar-refractivity contribution >= 4 is 17.9 Å². The van der Waals surface area contributed by atoms with Crippen molar-refractivity contribution in [3.8, 4) is 5.75 Å². The maximum absolute atomic E-state index is 14.3. The van der Waals surface area contributed by atoms with Crippen molar-refractivity contribution in [3.63, 3.8) is 0 Å². The Kier molecular flexibility index (Phi) is 6.20. The number of nitrogens with zero attached hydrogens (tertiary/aromatic N) is 1. The molecule has 3 aliphatic heterocycles. The summed E-state index contributed by atoms with van der Waals surface area (Å²) in [6.07, 6.45) is 3.40. The highest BCUT2D eigenvalue weighted by atomic mass is 16.6. The second-order valence-electron chi connectivity index (χ2n) is 13.0. The Hall–Kier alpha value is -2.75. The maximum Gasteiger partial charge on any atom is 0.334 e. The van der Waals surface area contributed by atoms with Crippen molar-refractivity contribution in [1.82, 2.24) is 4.90 Å². The molecule has 5 fully saturated rings. The van der Waals surface area contributed by atoms with Gasteiger partial charge in [-0.1, -0.05) is 18.2 Å². The lowest BCUT2D eigenvalue weighted by atomic mass is 9.50. The molecule has 0 radical (unpaired) electrons. The van der Waals surface area contributed by atoms with Crippen LogP contribution in [-0.4, -0.2) is 77.6 Å². The van der Waals surface area contributed by atoms with Gasteiger partial charge in [-0.25, -0.2) is 4.79 Å². The first-order valence-electron chi connectivity index (χ1n) is 15.0. The molecule has 9 heteroatoms. The van der Waals surface area contributed by atoms with Gasteiger partial charge in [0.15, 0.2) is 0 Å². The van der Waals surface area contributed by atoms with Crippen LogP contribution in [0.4, 0.5) is 0 Å². The molecule has 41 heavy (non-hydrogen) atoms. The van der Waals surface area contributed by atoms with E-state index in [1.807, 2.05) is 6.07 Å². The van der Waals surface area contributed by atoms with Crippen molar-refractivity contribution in [2.75, 3.05) is 14.2 Å². The molecule has 6 aliphatic rings. The molecule has 1 N–H and O–H groups in total. The minimum atomic E-state index is -1.18. The minimum Gasteiger partial charge on any atom is -0.466 e. The molecule has 5 bridgehead atoms. The average Bonchev–Trinajstić information content (AvgIpc) is 3.35. The number of para-hydroxylation sites is 1. The average molecular weight is 566 g/mol. The Labute approximate surface area is 240 Å². The third-order valence-electron chi connectivity index (χ3n) is 11.5. The van der Waals surface area contributed by atoms with Gasteiger partial charge in [-0.05, 0) is 75.0 Å². The number of hydrogen-bond donors (Lipinski definition) is 1. The quantitative estimate of drug-likeness (QED) is 0.425. The van der Waals surface area contributed by atoms with E-state index in [9.17, 15) is 19.5 Å². The van der Waals surface area contributed by atoms with Gasteiger partial charge in [0.25, 0.3) is 0 Å². The van der Waals surface area contributed by atoms with Gasteiger partial charge in [-0.3, -0.25) is 14.5 Å². The zero-order valence-electron chi connectivity index (χ0n) is 24.1. The van der Waals surface area contributed by atoms with E-state index in [2.05, 4.69) is 11.8 Å². The number of piperidine rings is 2. The zero-order valence-corrected chi connectivity index (χ0v) is 24.1. The minimum absolute atomic E-state index is 0.00168. The van der Waals surface area contributed by atoms with Gasteiger partial charge in [0, 0.05) is 38.0 Å². The summed E-state index contributed by atoms with van der Waals surface area (Å²) in [5.41, 5.74) is -0.857. The van der Waals surface area contributed by atoms with Gasteiger partial charge in [-0.15, -0.1) is 0 Å². The van der Waals surface area contributed by atoms with Crippen molar-refractivity contribution in [2.24, 2.45) is 29.6 Å². The normalized spacial score (nSPS) is 45.1. The number of carbonyl (C=O) groups is 3. The van der Waals surface area contributed by atoms with Gasteiger partial charge in [0.2, 0.25) is 0 Å².